The standard InChI is InChI=1S/C15H22ClNO3S/c1-11(2)17-21(18,19)15-7-8-20-10-13(15)9-12-3-5-14(16)6-4-12/h3-6,11,13,15,17H,7-10H2,1-2H3. The molecule has 1 heterocycles. The second kappa shape index (κ2) is 7.09. The van der Waals surface area contributed by atoms with Crippen LogP contribution < -0.4 is 4.72 Å². The molecule has 1 fully saturated rings. The molecule has 118 valence electrons. The zero-order valence-corrected chi connectivity index (χ0v) is 14.0. The molecule has 4 nitrogen and oxygen atoms in total. The number of sulfonamides is 1. The van der Waals surface area contributed by atoms with Gasteiger partial charge in [-0.3, -0.25) is 0 Å². The molecule has 0 aromatic heterocycles. The minimum Gasteiger partial charge on any atom is -0.381 e. The molecule has 6 heteroatoms. The summed E-state index contributed by atoms with van der Waals surface area (Å²) in [6.45, 7) is 4.66. The molecule has 0 bridgehead atoms. The Hall–Kier alpha value is -0.620. The Labute approximate surface area is 131 Å². The molecule has 0 amide bonds. The van der Waals surface area contributed by atoms with Gasteiger partial charge >= 0.3 is 0 Å². The molecule has 2 unspecified atom stereocenters. The molecule has 2 atom stereocenters. The van der Waals surface area contributed by atoms with E-state index in [9.17, 15) is 8.42 Å². The van der Waals surface area contributed by atoms with Gasteiger partial charge in [-0.1, -0.05) is 23.7 Å². The lowest BCUT2D eigenvalue weighted by atomic mass is 9.94. The number of hydrogen-bond donors (Lipinski definition) is 1. The third-order valence-electron chi connectivity index (χ3n) is 3.61. The van der Waals surface area contributed by atoms with Crippen molar-refractivity contribution in [2.24, 2.45) is 5.92 Å². The average Bonchev–Trinajstić information content (AvgIpc) is 2.40. The molecule has 21 heavy (non-hydrogen) atoms. The van der Waals surface area contributed by atoms with E-state index >= 15 is 0 Å². The highest BCUT2D eigenvalue weighted by Crippen LogP contribution is 2.26. The molecular weight excluding hydrogens is 310 g/mol. The maximum absolute atomic E-state index is 12.5. The van der Waals surface area contributed by atoms with Crippen molar-refractivity contribution in [3.63, 3.8) is 0 Å². The third kappa shape index (κ3) is 4.68. The Morgan fingerprint density at radius 3 is 2.62 bits per heavy atom. The van der Waals surface area contributed by atoms with E-state index in [1.165, 1.54) is 0 Å². The average molecular weight is 332 g/mol. The Bertz CT molecular complexity index is 557. The second-order valence-corrected chi connectivity index (χ2v) is 8.18. The second-order valence-electron chi connectivity index (χ2n) is 5.81. The maximum atomic E-state index is 12.5. The van der Waals surface area contributed by atoms with Crippen molar-refractivity contribution in [1.29, 1.82) is 0 Å². The first-order valence-corrected chi connectivity index (χ1v) is 9.14. The van der Waals surface area contributed by atoms with Crippen molar-refractivity contribution in [1.82, 2.24) is 4.72 Å². The van der Waals surface area contributed by atoms with Gasteiger partial charge < -0.3 is 4.74 Å². The highest BCUT2D eigenvalue weighted by Gasteiger charge is 2.36. The predicted molar refractivity (Wildman–Crippen MR) is 85.1 cm³/mol. The zero-order valence-electron chi connectivity index (χ0n) is 12.4. The van der Waals surface area contributed by atoms with Gasteiger partial charge in [0, 0.05) is 23.6 Å². The van der Waals surface area contributed by atoms with Crippen LogP contribution in [0.2, 0.25) is 5.02 Å². The van der Waals surface area contributed by atoms with Gasteiger partial charge in [0.15, 0.2) is 0 Å². The van der Waals surface area contributed by atoms with Gasteiger partial charge in [-0.15, -0.1) is 0 Å². The van der Waals surface area contributed by atoms with E-state index in [2.05, 4.69) is 4.72 Å². The van der Waals surface area contributed by atoms with E-state index in [1.54, 1.807) is 0 Å². The first-order valence-electron chi connectivity index (χ1n) is 7.22. The van der Waals surface area contributed by atoms with Crippen LogP contribution in [0.3, 0.4) is 0 Å². The van der Waals surface area contributed by atoms with Gasteiger partial charge in [0.25, 0.3) is 0 Å². The minimum atomic E-state index is -3.32. The van der Waals surface area contributed by atoms with Gasteiger partial charge in [-0.05, 0) is 44.4 Å². The molecule has 2 rings (SSSR count). The van der Waals surface area contributed by atoms with Crippen LogP contribution in [-0.4, -0.2) is 32.9 Å². The molecule has 1 aromatic carbocycles. The maximum Gasteiger partial charge on any atom is 0.215 e. The fourth-order valence-corrected chi connectivity index (χ4v) is 4.76. The van der Waals surface area contributed by atoms with E-state index in [4.69, 9.17) is 16.3 Å². The monoisotopic (exact) mass is 331 g/mol. The summed E-state index contributed by atoms with van der Waals surface area (Å²) in [5.74, 6) is -0.0313. The van der Waals surface area contributed by atoms with Crippen LogP contribution in [0, 0.1) is 5.92 Å². The van der Waals surface area contributed by atoms with Gasteiger partial charge in [-0.25, -0.2) is 13.1 Å². The summed E-state index contributed by atoms with van der Waals surface area (Å²) in [4.78, 5) is 0. The van der Waals surface area contributed by atoms with Crippen molar-refractivity contribution in [2.75, 3.05) is 13.2 Å². The van der Waals surface area contributed by atoms with Crippen LogP contribution in [0.1, 0.15) is 25.8 Å². The summed E-state index contributed by atoms with van der Waals surface area (Å²) in [6, 6.07) is 7.45. The molecule has 1 N–H and O–H groups in total. The molecule has 1 aromatic rings. The number of rotatable bonds is 5. The van der Waals surface area contributed by atoms with Gasteiger partial charge in [0.05, 0.1) is 11.9 Å². The summed E-state index contributed by atoms with van der Waals surface area (Å²) in [5, 5.41) is 0.286. The first kappa shape index (κ1) is 16.7. The summed E-state index contributed by atoms with van der Waals surface area (Å²) < 4.78 is 33.1. The molecule has 0 radical (unpaired) electrons. The summed E-state index contributed by atoms with van der Waals surface area (Å²) in [7, 11) is -3.32. The molecule has 1 aliphatic rings. The lowest BCUT2D eigenvalue weighted by Crippen LogP contribution is -2.46. The van der Waals surface area contributed by atoms with E-state index in [1.807, 2.05) is 38.1 Å². The molecule has 0 spiro atoms. The van der Waals surface area contributed by atoms with Crippen molar-refractivity contribution >= 4 is 21.6 Å². The van der Waals surface area contributed by atoms with E-state index < -0.39 is 15.3 Å². The Kier molecular flexibility index (Phi) is 5.66. The van der Waals surface area contributed by atoms with Crippen molar-refractivity contribution in [3.05, 3.63) is 34.9 Å². The third-order valence-corrected chi connectivity index (χ3v) is 6.08. The fraction of sp³-hybridized carbons (Fsp3) is 0.600. The number of ether oxygens (including phenoxy) is 1. The normalized spacial score (nSPS) is 23.4. The van der Waals surface area contributed by atoms with Crippen molar-refractivity contribution < 1.29 is 13.2 Å². The van der Waals surface area contributed by atoms with Gasteiger partial charge in [0.1, 0.15) is 0 Å². The summed E-state index contributed by atoms with van der Waals surface area (Å²) >= 11 is 5.88. The first-order chi connectivity index (χ1) is 9.88. The Morgan fingerprint density at radius 2 is 2.00 bits per heavy atom. The minimum absolute atomic E-state index is 0.0313. The van der Waals surface area contributed by atoms with Crippen LogP contribution >= 0.6 is 11.6 Å². The zero-order chi connectivity index (χ0) is 15.5. The van der Waals surface area contributed by atoms with Crippen molar-refractivity contribution in [3.8, 4) is 0 Å². The predicted octanol–water partition coefficient (Wildman–Crippen LogP) is 2.62. The Balaban J connectivity index is 2.13. The van der Waals surface area contributed by atoms with Crippen LogP contribution in [0.15, 0.2) is 24.3 Å². The lowest BCUT2D eigenvalue weighted by Gasteiger charge is -2.32. The van der Waals surface area contributed by atoms with Crippen molar-refractivity contribution in [2.45, 2.75) is 38.0 Å². The largest absolute Gasteiger partial charge is 0.381 e. The highest BCUT2D eigenvalue weighted by molar-refractivity contribution is 7.90. The van der Waals surface area contributed by atoms with E-state index in [0.29, 0.717) is 31.1 Å². The highest BCUT2D eigenvalue weighted by atomic mass is 35.5. The number of benzene rings is 1. The molecule has 1 aliphatic heterocycles. The van der Waals surface area contributed by atoms with E-state index in [0.717, 1.165) is 5.56 Å². The molecule has 0 aliphatic carbocycles. The van der Waals surface area contributed by atoms with Gasteiger partial charge in [-0.2, -0.15) is 0 Å². The summed E-state index contributed by atoms with van der Waals surface area (Å²) in [6.07, 6.45) is 1.22. The lowest BCUT2D eigenvalue weighted by molar-refractivity contribution is 0.0569. The topological polar surface area (TPSA) is 55.4 Å². The molecular formula is C15H22ClNO3S. The number of nitrogens with one attached hydrogen (secondary N) is 1. The van der Waals surface area contributed by atoms with Crippen LogP contribution in [-0.2, 0) is 21.2 Å². The SMILES string of the molecule is CC(C)NS(=O)(=O)C1CCOCC1Cc1ccc(Cl)cc1. The quantitative estimate of drug-likeness (QED) is 0.902. The van der Waals surface area contributed by atoms with Crippen LogP contribution in [0.5, 0.6) is 0 Å². The Morgan fingerprint density at radius 1 is 1.33 bits per heavy atom. The van der Waals surface area contributed by atoms with Crippen LogP contribution in [0.25, 0.3) is 0 Å². The van der Waals surface area contributed by atoms with Crippen LogP contribution in [0.4, 0.5) is 0 Å². The van der Waals surface area contributed by atoms with E-state index in [-0.39, 0.29) is 12.0 Å². The number of halogens is 1. The fourth-order valence-electron chi connectivity index (χ4n) is 2.72. The number of hydrogen-bond acceptors (Lipinski definition) is 3. The molecule has 1 saturated heterocycles. The van der Waals surface area contributed by atoms with Gasteiger partial charge in [0.2, 0.25) is 10.0 Å². The smallest absolute Gasteiger partial charge is 0.215 e. The molecule has 0 saturated carbocycles. The summed E-state index contributed by atoms with van der Waals surface area (Å²) in [5.41, 5.74) is 1.08.